The van der Waals surface area contributed by atoms with Crippen LogP contribution in [0.1, 0.15) is 5.56 Å². The van der Waals surface area contributed by atoms with Gasteiger partial charge in [-0.05, 0) is 30.2 Å². The minimum atomic E-state index is -0.374. The Morgan fingerprint density at radius 1 is 1.44 bits per heavy atom. The summed E-state index contributed by atoms with van der Waals surface area (Å²) in [5.74, 6) is 0.00457. The summed E-state index contributed by atoms with van der Waals surface area (Å²) < 4.78 is 23.2. The Bertz CT molecular complexity index is 523. The highest BCUT2D eigenvalue weighted by Gasteiger charge is 2.13. The van der Waals surface area contributed by atoms with E-state index in [-0.39, 0.29) is 17.5 Å². The number of halogens is 1. The highest BCUT2D eigenvalue weighted by atomic mass is 19.1. The standard InChI is InChI=1S/C11H11FN2O2/c1-6-3-7(4-9(15-2)10(6)12)8-5-14-16-11(8)13/h3-5H,13H2,1-2H3. The number of methoxy groups -OCH3 is 1. The third-order valence-corrected chi connectivity index (χ3v) is 2.35. The Hall–Kier alpha value is -2.04. The first-order chi connectivity index (χ1) is 7.63. The molecule has 0 amide bonds. The molecule has 2 N–H and O–H groups in total. The van der Waals surface area contributed by atoms with E-state index >= 15 is 0 Å². The van der Waals surface area contributed by atoms with E-state index in [1.54, 1.807) is 19.1 Å². The molecule has 0 radical (unpaired) electrons. The van der Waals surface area contributed by atoms with E-state index in [4.69, 9.17) is 15.0 Å². The quantitative estimate of drug-likeness (QED) is 0.847. The van der Waals surface area contributed by atoms with Crippen LogP contribution in [0.5, 0.6) is 5.75 Å². The molecule has 0 aliphatic heterocycles. The van der Waals surface area contributed by atoms with Gasteiger partial charge in [-0.3, -0.25) is 0 Å². The lowest BCUT2D eigenvalue weighted by Crippen LogP contribution is -1.93. The maximum absolute atomic E-state index is 13.5. The molecule has 0 saturated carbocycles. The normalized spacial score (nSPS) is 10.4. The van der Waals surface area contributed by atoms with E-state index in [9.17, 15) is 4.39 Å². The van der Waals surface area contributed by atoms with Gasteiger partial charge in [-0.15, -0.1) is 0 Å². The molecular formula is C11H11FN2O2. The summed E-state index contributed by atoms with van der Waals surface area (Å²) >= 11 is 0. The van der Waals surface area contributed by atoms with Crippen molar-refractivity contribution in [3.63, 3.8) is 0 Å². The van der Waals surface area contributed by atoms with Crippen LogP contribution in [0.2, 0.25) is 0 Å². The molecule has 2 aromatic rings. The summed E-state index contributed by atoms with van der Waals surface area (Å²) in [5.41, 5.74) is 7.41. The van der Waals surface area contributed by atoms with Gasteiger partial charge in [0.05, 0.1) is 18.9 Å². The first-order valence-corrected chi connectivity index (χ1v) is 4.68. The second kappa shape index (κ2) is 3.84. The zero-order valence-electron chi connectivity index (χ0n) is 8.95. The van der Waals surface area contributed by atoms with Crippen LogP contribution in [0.3, 0.4) is 0 Å². The summed E-state index contributed by atoms with van der Waals surface area (Å²) in [5, 5.41) is 3.57. The average molecular weight is 222 g/mol. The first kappa shape index (κ1) is 10.5. The van der Waals surface area contributed by atoms with Gasteiger partial charge < -0.3 is 15.0 Å². The Balaban J connectivity index is 2.59. The van der Waals surface area contributed by atoms with Gasteiger partial charge in [0.25, 0.3) is 0 Å². The Morgan fingerprint density at radius 2 is 2.19 bits per heavy atom. The molecule has 0 aliphatic carbocycles. The van der Waals surface area contributed by atoms with E-state index in [1.807, 2.05) is 0 Å². The van der Waals surface area contributed by atoms with E-state index in [1.165, 1.54) is 13.3 Å². The molecule has 16 heavy (non-hydrogen) atoms. The lowest BCUT2D eigenvalue weighted by atomic mass is 10.1. The second-order valence-electron chi connectivity index (χ2n) is 3.41. The van der Waals surface area contributed by atoms with Crippen LogP contribution in [0.25, 0.3) is 11.1 Å². The lowest BCUT2D eigenvalue weighted by Gasteiger charge is -2.07. The number of nitrogens with zero attached hydrogens (tertiary/aromatic N) is 1. The lowest BCUT2D eigenvalue weighted by molar-refractivity contribution is 0.385. The van der Waals surface area contributed by atoms with E-state index in [0.29, 0.717) is 11.1 Å². The van der Waals surface area contributed by atoms with Gasteiger partial charge in [-0.2, -0.15) is 0 Å². The SMILES string of the molecule is COc1cc(-c2cnoc2N)cc(C)c1F. The van der Waals surface area contributed by atoms with Gasteiger partial charge >= 0.3 is 0 Å². The minimum absolute atomic E-state index is 0.176. The van der Waals surface area contributed by atoms with Crippen molar-refractivity contribution >= 4 is 5.88 Å². The van der Waals surface area contributed by atoms with Crippen molar-refractivity contribution in [2.45, 2.75) is 6.92 Å². The fourth-order valence-corrected chi connectivity index (χ4v) is 1.51. The molecule has 0 saturated heterocycles. The maximum Gasteiger partial charge on any atom is 0.229 e. The summed E-state index contributed by atoms with van der Waals surface area (Å²) in [6.45, 7) is 1.66. The second-order valence-corrected chi connectivity index (χ2v) is 3.41. The van der Waals surface area contributed by atoms with Crippen molar-refractivity contribution in [1.82, 2.24) is 5.16 Å². The molecule has 1 heterocycles. The molecule has 5 heteroatoms. The maximum atomic E-state index is 13.5. The summed E-state index contributed by atoms with van der Waals surface area (Å²) in [7, 11) is 1.42. The highest BCUT2D eigenvalue weighted by Crippen LogP contribution is 2.31. The number of hydrogen-bond donors (Lipinski definition) is 1. The highest BCUT2D eigenvalue weighted by molar-refractivity contribution is 5.73. The molecule has 84 valence electrons. The smallest absolute Gasteiger partial charge is 0.229 e. The van der Waals surface area contributed by atoms with Crippen molar-refractivity contribution in [3.8, 4) is 16.9 Å². The van der Waals surface area contributed by atoms with Crippen LogP contribution >= 0.6 is 0 Å². The van der Waals surface area contributed by atoms with Crippen molar-refractivity contribution in [1.29, 1.82) is 0 Å². The molecule has 1 aromatic heterocycles. The largest absolute Gasteiger partial charge is 0.494 e. The molecule has 2 rings (SSSR count). The summed E-state index contributed by atoms with van der Waals surface area (Å²) in [6.07, 6.45) is 1.49. The van der Waals surface area contributed by atoms with Gasteiger partial charge in [0.1, 0.15) is 0 Å². The zero-order valence-corrected chi connectivity index (χ0v) is 8.95. The van der Waals surface area contributed by atoms with Gasteiger partial charge in [0, 0.05) is 0 Å². The molecular weight excluding hydrogens is 211 g/mol. The van der Waals surface area contributed by atoms with Crippen LogP contribution in [-0.4, -0.2) is 12.3 Å². The van der Waals surface area contributed by atoms with E-state index in [0.717, 1.165) is 5.56 Å². The number of nitrogens with two attached hydrogens (primary N) is 1. The number of anilines is 1. The molecule has 1 aromatic carbocycles. The summed E-state index contributed by atoms with van der Waals surface area (Å²) in [4.78, 5) is 0. The van der Waals surface area contributed by atoms with Crippen LogP contribution in [0.15, 0.2) is 22.9 Å². The number of aromatic nitrogens is 1. The van der Waals surface area contributed by atoms with Gasteiger partial charge in [0.15, 0.2) is 11.6 Å². The van der Waals surface area contributed by atoms with Gasteiger partial charge in [-0.25, -0.2) is 4.39 Å². The fourth-order valence-electron chi connectivity index (χ4n) is 1.51. The number of nitrogen functional groups attached to an aromatic ring is 1. The molecule has 4 nitrogen and oxygen atoms in total. The first-order valence-electron chi connectivity index (χ1n) is 4.68. The minimum Gasteiger partial charge on any atom is -0.494 e. The van der Waals surface area contributed by atoms with E-state index in [2.05, 4.69) is 5.16 Å². The summed E-state index contributed by atoms with van der Waals surface area (Å²) in [6, 6.07) is 3.23. The number of rotatable bonds is 2. The zero-order chi connectivity index (χ0) is 11.7. The molecule has 0 atom stereocenters. The number of ether oxygens (including phenoxy) is 1. The number of aryl methyl sites for hydroxylation is 1. The molecule has 0 fully saturated rings. The van der Waals surface area contributed by atoms with Crippen LogP contribution in [0.4, 0.5) is 10.3 Å². The van der Waals surface area contributed by atoms with Crippen molar-refractivity contribution in [3.05, 3.63) is 29.7 Å². The number of benzene rings is 1. The molecule has 0 spiro atoms. The van der Waals surface area contributed by atoms with Crippen molar-refractivity contribution < 1.29 is 13.7 Å². The topological polar surface area (TPSA) is 61.3 Å². The predicted octanol–water partition coefficient (Wildman–Crippen LogP) is 2.38. The molecule has 0 bridgehead atoms. The third-order valence-electron chi connectivity index (χ3n) is 2.35. The number of hydrogen-bond acceptors (Lipinski definition) is 4. The van der Waals surface area contributed by atoms with Gasteiger partial charge in [0.2, 0.25) is 5.88 Å². The molecule has 0 aliphatic rings. The Morgan fingerprint density at radius 3 is 2.75 bits per heavy atom. The van der Waals surface area contributed by atoms with Crippen LogP contribution in [0, 0.1) is 12.7 Å². The predicted molar refractivity (Wildman–Crippen MR) is 57.6 cm³/mol. The van der Waals surface area contributed by atoms with E-state index < -0.39 is 0 Å². The van der Waals surface area contributed by atoms with Crippen molar-refractivity contribution in [2.24, 2.45) is 0 Å². The van der Waals surface area contributed by atoms with Crippen LogP contribution < -0.4 is 10.5 Å². The Kier molecular flexibility index (Phi) is 2.52. The fraction of sp³-hybridized carbons (Fsp3) is 0.182. The Labute approximate surface area is 91.8 Å². The van der Waals surface area contributed by atoms with Crippen LogP contribution in [-0.2, 0) is 0 Å². The third kappa shape index (κ3) is 1.60. The van der Waals surface area contributed by atoms with Crippen molar-refractivity contribution in [2.75, 3.05) is 12.8 Å². The average Bonchev–Trinajstić information content (AvgIpc) is 2.68. The van der Waals surface area contributed by atoms with Gasteiger partial charge in [-0.1, -0.05) is 5.16 Å². The molecule has 0 unspecified atom stereocenters. The monoisotopic (exact) mass is 222 g/mol.